The van der Waals surface area contributed by atoms with Crippen molar-refractivity contribution in [1.29, 1.82) is 0 Å². The molecule has 4 atom stereocenters. The maximum atomic E-state index is 12.9. The Balaban J connectivity index is 0.000000666. The molecule has 2 aromatic carbocycles. The van der Waals surface area contributed by atoms with Crippen LogP contribution in [-0.4, -0.2) is 141 Å². The number of piperidine rings is 2. The first kappa shape index (κ1) is 66.4. The van der Waals surface area contributed by atoms with Crippen LogP contribution in [0, 0.1) is 39.5 Å². The zero-order valence-electron chi connectivity index (χ0n) is 44.2. The van der Waals surface area contributed by atoms with E-state index in [0.717, 1.165) is 47.9 Å². The highest BCUT2D eigenvalue weighted by atomic mass is 19.4. The third kappa shape index (κ3) is 24.1. The van der Waals surface area contributed by atoms with Crippen molar-refractivity contribution in [3.63, 3.8) is 0 Å². The van der Waals surface area contributed by atoms with Crippen molar-refractivity contribution in [2.75, 3.05) is 53.5 Å². The monoisotopic (exact) mass is 1070 g/mol. The SMILES string of the molecule is C.COc1cc(C(=O)CC2CCCN(C(=O)OC(C)OC(=O)CCN)C2)cc(C)c1C.COc1cc(C(=O)CC2CCCN(C(=O)OC(C)OC(=O)CCNC(=O)OC(C)(C)C)C2)cc(C)c1C.O=C(O)C(F)(F)F. The van der Waals surface area contributed by atoms with E-state index in [0.29, 0.717) is 61.6 Å². The molecule has 4 unspecified atom stereocenters. The molecule has 4 N–H and O–H groups in total. The Morgan fingerprint density at radius 1 is 0.693 bits per heavy atom. The number of likely N-dealkylation sites (tertiary alicyclic amines) is 2. The second-order valence-corrected chi connectivity index (χ2v) is 18.8. The van der Waals surface area contributed by atoms with Gasteiger partial charge in [-0.15, -0.1) is 0 Å². The molecular weight excluding hydrogens is 994 g/mol. The predicted molar refractivity (Wildman–Crippen MR) is 268 cm³/mol. The van der Waals surface area contributed by atoms with Crippen LogP contribution in [0.2, 0.25) is 0 Å². The van der Waals surface area contributed by atoms with Crippen molar-refractivity contribution in [1.82, 2.24) is 15.1 Å². The Morgan fingerprint density at radius 3 is 1.43 bits per heavy atom. The highest BCUT2D eigenvalue weighted by molar-refractivity contribution is 5.97. The van der Waals surface area contributed by atoms with Crippen molar-refractivity contribution in [2.24, 2.45) is 17.6 Å². The number of Topliss-reactive ketones (excluding diaryl/α,β-unsaturated/α-hetero) is 2. The molecule has 2 fully saturated rings. The van der Waals surface area contributed by atoms with E-state index >= 15 is 0 Å². The number of nitrogens with zero attached hydrogens (tertiary/aromatic N) is 2. The topological polar surface area (TPSA) is 266 Å². The number of halogens is 3. The number of ketones is 2. The number of carbonyl (C=O) groups excluding carboxylic acids is 7. The molecule has 422 valence electrons. The second-order valence-electron chi connectivity index (χ2n) is 18.8. The van der Waals surface area contributed by atoms with Crippen LogP contribution in [-0.2, 0) is 38.1 Å². The Labute approximate surface area is 437 Å². The number of esters is 2. The quantitative estimate of drug-likeness (QED) is 0.0578. The Bertz CT molecular complexity index is 2270. The number of benzene rings is 2. The number of carboxylic acids is 1. The van der Waals surface area contributed by atoms with E-state index in [-0.39, 0.29) is 56.8 Å². The second kappa shape index (κ2) is 31.3. The van der Waals surface area contributed by atoms with Gasteiger partial charge in [0.05, 0.1) is 27.1 Å². The standard InChI is InChI=1S/C27H40N2O8.C22H32N2O6.C2HF3O2.CH4/c1-17-13-21(15-23(34-7)18(17)2)22(30)14-20-9-8-12-29(16-20)26(33)36-19(3)35-24(31)10-11-28-25(32)37-27(4,5)6;1-14-10-18(12-20(28-4)15(14)2)19(25)11-17-6-5-9-24(13-17)22(27)30-16(3)29-21(26)7-8-23;3-2(4,5)1(6)7;/h13,15,19-20H,8-12,14,16H2,1-7H3,(H,28,32);10,12,16-17H,5-9,11,13,23H2,1-4H3;(H,6,7);1H4. The molecule has 0 saturated carbocycles. The summed E-state index contributed by atoms with van der Waals surface area (Å²) in [5.74, 6) is -2.44. The summed E-state index contributed by atoms with van der Waals surface area (Å²) >= 11 is 0. The maximum absolute atomic E-state index is 12.9. The Kier molecular flexibility index (Phi) is 27.7. The fourth-order valence-corrected chi connectivity index (χ4v) is 7.62. The number of hydrogen-bond donors (Lipinski definition) is 3. The average molecular weight is 1070 g/mol. The molecular formula is C52H77F3N4O16. The number of nitrogens with one attached hydrogen (secondary N) is 1. The molecule has 0 aliphatic carbocycles. The molecule has 3 amide bonds. The van der Waals surface area contributed by atoms with Crippen LogP contribution in [0.25, 0.3) is 0 Å². The number of aryl methyl sites for hydroxylation is 2. The minimum Gasteiger partial charge on any atom is -0.496 e. The van der Waals surface area contributed by atoms with Crippen LogP contribution in [0.15, 0.2) is 24.3 Å². The number of nitrogens with two attached hydrogens (primary N) is 1. The molecule has 4 rings (SSSR count). The summed E-state index contributed by atoms with van der Waals surface area (Å²) in [6, 6.07) is 7.29. The first-order valence-electron chi connectivity index (χ1n) is 24.1. The van der Waals surface area contributed by atoms with Crippen LogP contribution in [0.3, 0.4) is 0 Å². The van der Waals surface area contributed by atoms with Crippen LogP contribution in [0.5, 0.6) is 11.5 Å². The summed E-state index contributed by atoms with van der Waals surface area (Å²) in [6.07, 6.45) is -5.10. The number of alkyl carbamates (subject to hydrolysis) is 1. The minimum absolute atomic E-state index is 0. The number of ether oxygens (including phenoxy) is 7. The molecule has 0 radical (unpaired) electrons. The molecule has 75 heavy (non-hydrogen) atoms. The van der Waals surface area contributed by atoms with E-state index in [1.807, 2.05) is 39.8 Å². The summed E-state index contributed by atoms with van der Waals surface area (Å²) in [4.78, 5) is 97.9. The molecule has 0 spiro atoms. The molecule has 0 bridgehead atoms. The maximum Gasteiger partial charge on any atom is 0.490 e. The van der Waals surface area contributed by atoms with Gasteiger partial charge in [0.1, 0.15) is 17.1 Å². The smallest absolute Gasteiger partial charge is 0.490 e. The van der Waals surface area contributed by atoms with E-state index in [9.17, 15) is 46.7 Å². The van der Waals surface area contributed by atoms with E-state index < -0.39 is 60.5 Å². The normalized spacial score (nSPS) is 16.0. The van der Waals surface area contributed by atoms with Gasteiger partial charge in [-0.3, -0.25) is 19.2 Å². The molecule has 23 heteroatoms. The fraction of sp³-hybridized carbons (Fsp3) is 0.615. The van der Waals surface area contributed by atoms with Gasteiger partial charge >= 0.3 is 42.4 Å². The molecule has 2 saturated heterocycles. The number of alkyl halides is 3. The van der Waals surface area contributed by atoms with E-state index in [1.165, 1.54) is 18.7 Å². The van der Waals surface area contributed by atoms with Gasteiger partial charge in [0.25, 0.3) is 0 Å². The van der Waals surface area contributed by atoms with Crippen LogP contribution >= 0.6 is 0 Å². The predicted octanol–water partition coefficient (Wildman–Crippen LogP) is 8.78. The zero-order chi connectivity index (χ0) is 56.1. The summed E-state index contributed by atoms with van der Waals surface area (Å²) in [6.45, 7) is 18.0. The highest BCUT2D eigenvalue weighted by Crippen LogP contribution is 2.29. The lowest BCUT2D eigenvalue weighted by atomic mass is 9.90. The van der Waals surface area contributed by atoms with Crippen LogP contribution < -0.4 is 20.5 Å². The average Bonchev–Trinajstić information content (AvgIpc) is 3.30. The van der Waals surface area contributed by atoms with Crippen molar-refractivity contribution < 1.29 is 89.8 Å². The third-order valence-electron chi connectivity index (χ3n) is 11.5. The number of carboxylic acid groups (broad SMARTS) is 1. The number of rotatable bonds is 17. The number of methoxy groups -OCH3 is 2. The lowest BCUT2D eigenvalue weighted by molar-refractivity contribution is -0.192. The third-order valence-corrected chi connectivity index (χ3v) is 11.5. The van der Waals surface area contributed by atoms with Gasteiger partial charge in [0, 0.05) is 77.1 Å². The van der Waals surface area contributed by atoms with Crippen molar-refractivity contribution in [2.45, 2.75) is 145 Å². The molecule has 2 aromatic rings. The van der Waals surface area contributed by atoms with Gasteiger partial charge in [0.2, 0.25) is 12.6 Å². The minimum atomic E-state index is -5.08. The molecule has 20 nitrogen and oxygen atoms in total. The fourth-order valence-electron chi connectivity index (χ4n) is 7.62. The molecule has 2 aliphatic rings. The van der Waals surface area contributed by atoms with E-state index in [1.54, 1.807) is 52.0 Å². The first-order valence-corrected chi connectivity index (χ1v) is 24.1. The van der Waals surface area contributed by atoms with Crippen molar-refractivity contribution >= 4 is 47.8 Å². The number of hydrogen-bond acceptors (Lipinski definition) is 16. The van der Waals surface area contributed by atoms with E-state index in [4.69, 9.17) is 48.8 Å². The van der Waals surface area contributed by atoms with Gasteiger partial charge in [0.15, 0.2) is 11.6 Å². The van der Waals surface area contributed by atoms with Gasteiger partial charge in [-0.25, -0.2) is 19.2 Å². The van der Waals surface area contributed by atoms with Gasteiger partial charge in [-0.05, 0) is 133 Å². The van der Waals surface area contributed by atoms with Gasteiger partial charge in [-0.2, -0.15) is 13.2 Å². The zero-order valence-corrected chi connectivity index (χ0v) is 44.2. The summed E-state index contributed by atoms with van der Waals surface area (Å²) in [5.41, 5.74) is 9.89. The summed E-state index contributed by atoms with van der Waals surface area (Å²) in [7, 11) is 3.18. The lowest BCUT2D eigenvalue weighted by Gasteiger charge is -2.32. The summed E-state index contributed by atoms with van der Waals surface area (Å²) < 4.78 is 68.2. The molecule has 2 aliphatic heterocycles. The number of aliphatic carboxylic acids is 1. The van der Waals surface area contributed by atoms with E-state index in [2.05, 4.69) is 5.32 Å². The summed E-state index contributed by atoms with van der Waals surface area (Å²) in [5, 5.41) is 9.59. The first-order chi connectivity index (χ1) is 34.5. The van der Waals surface area contributed by atoms with Crippen molar-refractivity contribution in [3.05, 3.63) is 57.6 Å². The van der Waals surface area contributed by atoms with Crippen molar-refractivity contribution in [3.8, 4) is 11.5 Å². The number of carbonyl (C=O) groups is 8. The van der Waals surface area contributed by atoms with Crippen LogP contribution in [0.1, 0.15) is 136 Å². The molecule has 0 aromatic heterocycles. The largest absolute Gasteiger partial charge is 0.496 e. The number of amides is 3. The Hall–Kier alpha value is -6.65. The van der Waals surface area contributed by atoms with Gasteiger partial charge in [-0.1, -0.05) is 7.43 Å². The van der Waals surface area contributed by atoms with Gasteiger partial charge < -0.3 is 59.1 Å². The van der Waals surface area contributed by atoms with Crippen LogP contribution in [0.4, 0.5) is 27.6 Å². The highest BCUT2D eigenvalue weighted by Gasteiger charge is 2.38. The lowest BCUT2D eigenvalue weighted by Crippen LogP contribution is -2.42. The Morgan fingerprint density at radius 2 is 1.08 bits per heavy atom. The molecule has 2 heterocycles.